The monoisotopic (exact) mass is 269 g/mol. The van der Waals surface area contributed by atoms with E-state index in [1.807, 2.05) is 24.3 Å². The van der Waals surface area contributed by atoms with Gasteiger partial charge in [-0.3, -0.25) is 9.78 Å². The molecule has 5 heteroatoms. The molecule has 0 saturated carbocycles. The molecule has 1 aromatic carbocycles. The molecule has 2 aromatic rings. The maximum Gasteiger partial charge on any atom is 0.252 e. The van der Waals surface area contributed by atoms with E-state index in [-0.39, 0.29) is 11.9 Å². The smallest absolute Gasteiger partial charge is 0.252 e. The summed E-state index contributed by atoms with van der Waals surface area (Å²) in [5.41, 5.74) is 7.79. The molecule has 3 N–H and O–H groups in total. The van der Waals surface area contributed by atoms with E-state index >= 15 is 0 Å². The Hall–Kier alpha value is -2.40. The van der Waals surface area contributed by atoms with Gasteiger partial charge in [-0.2, -0.15) is 0 Å². The lowest BCUT2D eigenvalue weighted by atomic mass is 10.1. The highest BCUT2D eigenvalue weighted by atomic mass is 16.5. The molecular formula is C15H15N3O2. The van der Waals surface area contributed by atoms with E-state index in [9.17, 15) is 4.79 Å². The van der Waals surface area contributed by atoms with Gasteiger partial charge in [0.15, 0.2) is 0 Å². The van der Waals surface area contributed by atoms with Crippen LogP contribution in [0.4, 0.5) is 0 Å². The Kier molecular flexibility index (Phi) is 3.35. The molecule has 102 valence electrons. The first-order valence-corrected chi connectivity index (χ1v) is 6.45. The Bertz CT molecular complexity index is 643. The number of benzene rings is 1. The molecule has 5 nitrogen and oxygen atoms in total. The summed E-state index contributed by atoms with van der Waals surface area (Å²) in [5.74, 6) is 0.683. The van der Waals surface area contributed by atoms with Crippen molar-refractivity contribution in [3.05, 3.63) is 59.4 Å². The van der Waals surface area contributed by atoms with E-state index in [1.165, 1.54) is 0 Å². The van der Waals surface area contributed by atoms with Crippen molar-refractivity contribution in [2.45, 2.75) is 12.6 Å². The lowest BCUT2D eigenvalue weighted by molar-refractivity contribution is 0.0930. The van der Waals surface area contributed by atoms with Crippen molar-refractivity contribution in [3.8, 4) is 5.75 Å². The van der Waals surface area contributed by atoms with Gasteiger partial charge >= 0.3 is 0 Å². The molecule has 1 amide bonds. The van der Waals surface area contributed by atoms with Crippen molar-refractivity contribution in [3.63, 3.8) is 0 Å². The quantitative estimate of drug-likeness (QED) is 0.883. The van der Waals surface area contributed by atoms with E-state index in [2.05, 4.69) is 10.3 Å². The van der Waals surface area contributed by atoms with E-state index in [0.29, 0.717) is 24.4 Å². The number of nitrogens with one attached hydrogen (secondary N) is 1. The molecule has 0 fully saturated rings. The Morgan fingerprint density at radius 2 is 2.25 bits per heavy atom. The number of rotatable bonds is 3. The summed E-state index contributed by atoms with van der Waals surface area (Å²) in [6, 6.07) is 11.0. The van der Waals surface area contributed by atoms with Crippen LogP contribution in [-0.2, 0) is 6.54 Å². The van der Waals surface area contributed by atoms with Crippen molar-refractivity contribution in [1.29, 1.82) is 0 Å². The molecular weight excluding hydrogens is 254 g/mol. The molecule has 2 heterocycles. The highest BCUT2D eigenvalue weighted by Crippen LogP contribution is 2.31. The third kappa shape index (κ3) is 2.35. The van der Waals surface area contributed by atoms with Crippen molar-refractivity contribution in [1.82, 2.24) is 10.3 Å². The second-order valence-electron chi connectivity index (χ2n) is 4.61. The summed E-state index contributed by atoms with van der Waals surface area (Å²) in [7, 11) is 0. The number of fused-ring (bicyclic) bond motifs is 1. The van der Waals surface area contributed by atoms with Gasteiger partial charge < -0.3 is 15.8 Å². The predicted molar refractivity (Wildman–Crippen MR) is 74.3 cm³/mol. The van der Waals surface area contributed by atoms with Crippen LogP contribution >= 0.6 is 0 Å². The van der Waals surface area contributed by atoms with Gasteiger partial charge in [-0.1, -0.05) is 18.2 Å². The molecule has 1 aromatic heterocycles. The van der Waals surface area contributed by atoms with Gasteiger partial charge in [0.2, 0.25) is 0 Å². The summed E-state index contributed by atoms with van der Waals surface area (Å²) < 4.78 is 5.55. The largest absolute Gasteiger partial charge is 0.491 e. The number of nitrogens with zero attached hydrogens (tertiary/aromatic N) is 1. The number of amides is 1. The van der Waals surface area contributed by atoms with Crippen LogP contribution in [0.3, 0.4) is 0 Å². The third-order valence-electron chi connectivity index (χ3n) is 3.29. The minimum atomic E-state index is -0.146. The number of hydrogen-bond acceptors (Lipinski definition) is 4. The summed E-state index contributed by atoms with van der Waals surface area (Å²) in [5, 5.41) is 2.97. The highest BCUT2D eigenvalue weighted by Gasteiger charge is 2.25. The van der Waals surface area contributed by atoms with Gasteiger partial charge in [-0.25, -0.2) is 0 Å². The maximum atomic E-state index is 12.2. The molecule has 20 heavy (non-hydrogen) atoms. The van der Waals surface area contributed by atoms with Gasteiger partial charge in [0.05, 0.1) is 11.7 Å². The maximum absolute atomic E-state index is 12.2. The van der Waals surface area contributed by atoms with Crippen LogP contribution < -0.4 is 15.8 Å². The molecule has 0 aliphatic carbocycles. The van der Waals surface area contributed by atoms with E-state index in [1.54, 1.807) is 18.3 Å². The molecule has 3 rings (SSSR count). The van der Waals surface area contributed by atoms with Crippen LogP contribution in [0.25, 0.3) is 0 Å². The zero-order chi connectivity index (χ0) is 13.9. The van der Waals surface area contributed by atoms with Crippen LogP contribution in [0.15, 0.2) is 42.6 Å². The zero-order valence-electron chi connectivity index (χ0n) is 10.9. The van der Waals surface area contributed by atoms with E-state index in [4.69, 9.17) is 10.5 Å². The SMILES string of the molecule is NCc1cc(C(=O)NC2COc3ccccc32)ccn1. The van der Waals surface area contributed by atoms with Crippen molar-refractivity contribution >= 4 is 5.91 Å². The van der Waals surface area contributed by atoms with Gasteiger partial charge in [0.1, 0.15) is 12.4 Å². The Labute approximate surface area is 116 Å². The average molecular weight is 269 g/mol. The second kappa shape index (κ2) is 5.30. The number of para-hydroxylation sites is 1. The molecule has 1 aliphatic rings. The zero-order valence-corrected chi connectivity index (χ0v) is 10.9. The minimum Gasteiger partial charge on any atom is -0.491 e. The first kappa shape index (κ1) is 12.6. The molecule has 1 aliphatic heterocycles. The fraction of sp³-hybridized carbons (Fsp3) is 0.200. The highest BCUT2D eigenvalue weighted by molar-refractivity contribution is 5.94. The number of carbonyl (C=O) groups excluding carboxylic acids is 1. The lowest BCUT2D eigenvalue weighted by Crippen LogP contribution is -2.29. The number of nitrogens with two attached hydrogens (primary N) is 1. The molecule has 0 spiro atoms. The van der Waals surface area contributed by atoms with Crippen molar-refractivity contribution in [2.24, 2.45) is 5.73 Å². The topological polar surface area (TPSA) is 77.2 Å². The number of ether oxygens (including phenoxy) is 1. The van der Waals surface area contributed by atoms with Crippen LogP contribution in [0.2, 0.25) is 0 Å². The van der Waals surface area contributed by atoms with E-state index < -0.39 is 0 Å². The Morgan fingerprint density at radius 1 is 1.40 bits per heavy atom. The fourth-order valence-corrected chi connectivity index (χ4v) is 2.25. The molecule has 0 saturated heterocycles. The molecule has 0 radical (unpaired) electrons. The van der Waals surface area contributed by atoms with Crippen molar-refractivity contribution in [2.75, 3.05) is 6.61 Å². The molecule has 1 atom stereocenters. The predicted octanol–water partition coefficient (Wildman–Crippen LogP) is 1.40. The lowest BCUT2D eigenvalue weighted by Gasteiger charge is -2.12. The number of aromatic nitrogens is 1. The minimum absolute atomic E-state index is 0.117. The summed E-state index contributed by atoms with van der Waals surface area (Å²) in [6.45, 7) is 0.774. The van der Waals surface area contributed by atoms with Gasteiger partial charge in [0.25, 0.3) is 5.91 Å². The summed E-state index contributed by atoms with van der Waals surface area (Å²) in [4.78, 5) is 16.3. The second-order valence-corrected chi connectivity index (χ2v) is 4.61. The molecule has 0 bridgehead atoms. The van der Waals surface area contributed by atoms with Gasteiger partial charge in [0, 0.05) is 23.9 Å². The normalized spacial score (nSPS) is 16.4. The Morgan fingerprint density at radius 3 is 3.10 bits per heavy atom. The average Bonchev–Trinajstić information content (AvgIpc) is 2.90. The first-order chi connectivity index (χ1) is 9.78. The summed E-state index contributed by atoms with van der Waals surface area (Å²) >= 11 is 0. The third-order valence-corrected chi connectivity index (χ3v) is 3.29. The first-order valence-electron chi connectivity index (χ1n) is 6.45. The van der Waals surface area contributed by atoms with Crippen LogP contribution in [0, 0.1) is 0 Å². The van der Waals surface area contributed by atoms with E-state index in [0.717, 1.165) is 11.3 Å². The molecule has 1 unspecified atom stereocenters. The standard InChI is InChI=1S/C15H15N3O2/c16-8-11-7-10(5-6-17-11)15(19)18-13-9-20-14-4-2-1-3-12(13)14/h1-7,13H,8-9,16H2,(H,18,19). The van der Waals surface area contributed by atoms with Crippen LogP contribution in [0.1, 0.15) is 27.7 Å². The number of pyridine rings is 1. The fourth-order valence-electron chi connectivity index (χ4n) is 2.25. The van der Waals surface area contributed by atoms with Gasteiger partial charge in [-0.05, 0) is 18.2 Å². The summed E-state index contributed by atoms with van der Waals surface area (Å²) in [6.07, 6.45) is 1.59. The van der Waals surface area contributed by atoms with Crippen molar-refractivity contribution < 1.29 is 9.53 Å². The number of carbonyl (C=O) groups is 1. The number of hydrogen-bond donors (Lipinski definition) is 2. The van der Waals surface area contributed by atoms with Gasteiger partial charge in [-0.15, -0.1) is 0 Å². The van der Waals surface area contributed by atoms with Crippen LogP contribution in [0.5, 0.6) is 5.75 Å². The van der Waals surface area contributed by atoms with Crippen LogP contribution in [-0.4, -0.2) is 17.5 Å². The Balaban J connectivity index is 1.77.